The van der Waals surface area contributed by atoms with Crippen LogP contribution in [0.15, 0.2) is 10.8 Å². The normalized spacial score (nSPS) is 15.6. The second kappa shape index (κ2) is 4.85. The van der Waals surface area contributed by atoms with Gasteiger partial charge in [-0.05, 0) is 27.7 Å². The van der Waals surface area contributed by atoms with Crippen LogP contribution in [-0.2, 0) is 4.74 Å². The third-order valence-corrected chi connectivity index (χ3v) is 2.15. The molecule has 1 rings (SSSR count). The number of hydrogen-bond acceptors (Lipinski definition) is 5. The van der Waals surface area contributed by atoms with Gasteiger partial charge < -0.3 is 20.0 Å². The van der Waals surface area contributed by atoms with E-state index in [4.69, 9.17) is 20.0 Å². The molecule has 6 heteroatoms. The summed E-state index contributed by atoms with van der Waals surface area (Å²) >= 11 is 0. The monoisotopic (exact) mass is 242 g/mol. The Hall–Kier alpha value is -1.40. The molecule has 1 aromatic rings. The van der Waals surface area contributed by atoms with Gasteiger partial charge in [-0.1, -0.05) is 0 Å². The number of aromatic carboxylic acids is 1. The smallest absolute Gasteiger partial charge is 0.358 e. The summed E-state index contributed by atoms with van der Waals surface area (Å²) in [6, 6.07) is -0.664. The molecule has 0 saturated heterocycles. The zero-order chi connectivity index (χ0) is 13.2. The van der Waals surface area contributed by atoms with Gasteiger partial charge in [0.25, 0.3) is 0 Å². The SMILES string of the molecule is C[C@@H](OC(C)(C)C)[C@H](N)c1ocnc1C(=O)O. The van der Waals surface area contributed by atoms with E-state index in [1.807, 2.05) is 20.8 Å². The molecule has 0 aromatic carbocycles. The number of oxazole rings is 1. The lowest BCUT2D eigenvalue weighted by atomic mass is 10.1. The van der Waals surface area contributed by atoms with Crippen LogP contribution in [0.1, 0.15) is 50.0 Å². The second-order valence-corrected chi connectivity index (χ2v) is 4.83. The molecule has 0 saturated carbocycles. The first-order valence-electron chi connectivity index (χ1n) is 5.32. The summed E-state index contributed by atoms with van der Waals surface area (Å²) in [4.78, 5) is 14.5. The second-order valence-electron chi connectivity index (χ2n) is 4.83. The van der Waals surface area contributed by atoms with Crippen LogP contribution in [0.3, 0.4) is 0 Å². The third-order valence-electron chi connectivity index (χ3n) is 2.15. The fourth-order valence-electron chi connectivity index (χ4n) is 1.50. The van der Waals surface area contributed by atoms with Crippen LogP contribution in [0.5, 0.6) is 0 Å². The summed E-state index contributed by atoms with van der Waals surface area (Å²) in [6.07, 6.45) is 0.698. The first-order chi connectivity index (χ1) is 7.72. The summed E-state index contributed by atoms with van der Waals surface area (Å²) in [6.45, 7) is 7.46. The maximum absolute atomic E-state index is 10.9. The zero-order valence-corrected chi connectivity index (χ0v) is 10.4. The molecule has 3 N–H and O–H groups in total. The Morgan fingerprint density at radius 1 is 1.59 bits per heavy atom. The number of carboxylic acid groups (broad SMARTS) is 1. The summed E-state index contributed by atoms with van der Waals surface area (Å²) in [5.41, 5.74) is 5.38. The molecule has 0 fully saturated rings. The highest BCUT2D eigenvalue weighted by Crippen LogP contribution is 2.23. The molecule has 0 radical (unpaired) electrons. The summed E-state index contributed by atoms with van der Waals surface area (Å²) in [5, 5.41) is 8.90. The number of carboxylic acids is 1. The van der Waals surface area contributed by atoms with Gasteiger partial charge in [0.2, 0.25) is 0 Å². The van der Waals surface area contributed by atoms with Crippen LogP contribution in [0.2, 0.25) is 0 Å². The van der Waals surface area contributed by atoms with Crippen LogP contribution in [0, 0.1) is 0 Å². The van der Waals surface area contributed by atoms with Crippen LogP contribution >= 0.6 is 0 Å². The minimum absolute atomic E-state index is 0.134. The number of ether oxygens (including phenoxy) is 1. The molecule has 0 spiro atoms. The predicted molar refractivity (Wildman–Crippen MR) is 60.7 cm³/mol. The van der Waals surface area contributed by atoms with E-state index >= 15 is 0 Å². The van der Waals surface area contributed by atoms with Crippen molar-refractivity contribution in [1.29, 1.82) is 0 Å². The van der Waals surface area contributed by atoms with Gasteiger partial charge in [0.05, 0.1) is 17.7 Å². The fraction of sp³-hybridized carbons (Fsp3) is 0.636. The number of rotatable bonds is 4. The highest BCUT2D eigenvalue weighted by Gasteiger charge is 2.28. The van der Waals surface area contributed by atoms with Crippen molar-refractivity contribution in [2.45, 2.75) is 45.4 Å². The Bertz CT molecular complexity index is 394. The van der Waals surface area contributed by atoms with Gasteiger partial charge in [-0.15, -0.1) is 0 Å². The first kappa shape index (κ1) is 13.7. The molecule has 0 aliphatic carbocycles. The summed E-state index contributed by atoms with van der Waals surface area (Å²) in [7, 11) is 0. The molecular weight excluding hydrogens is 224 g/mol. The first-order valence-corrected chi connectivity index (χ1v) is 5.32. The van der Waals surface area contributed by atoms with Gasteiger partial charge in [0.1, 0.15) is 0 Å². The Labute approximate surface area is 99.8 Å². The third kappa shape index (κ3) is 3.54. The Balaban J connectivity index is 2.85. The highest BCUT2D eigenvalue weighted by atomic mass is 16.5. The van der Waals surface area contributed by atoms with E-state index in [-0.39, 0.29) is 23.2 Å². The van der Waals surface area contributed by atoms with Crippen molar-refractivity contribution in [3.63, 3.8) is 0 Å². The van der Waals surface area contributed by atoms with E-state index in [1.54, 1.807) is 6.92 Å². The van der Waals surface area contributed by atoms with E-state index in [1.165, 1.54) is 0 Å². The highest BCUT2D eigenvalue weighted by molar-refractivity contribution is 5.86. The molecule has 0 unspecified atom stereocenters. The van der Waals surface area contributed by atoms with E-state index in [9.17, 15) is 4.79 Å². The Kier molecular flexibility index (Phi) is 3.90. The lowest BCUT2D eigenvalue weighted by Gasteiger charge is -2.28. The van der Waals surface area contributed by atoms with Crippen molar-refractivity contribution in [3.8, 4) is 0 Å². The molecule has 1 heterocycles. The zero-order valence-electron chi connectivity index (χ0n) is 10.4. The Morgan fingerprint density at radius 2 is 2.18 bits per heavy atom. The van der Waals surface area contributed by atoms with Gasteiger partial charge in [-0.2, -0.15) is 0 Å². The number of carbonyl (C=O) groups is 1. The number of hydrogen-bond donors (Lipinski definition) is 2. The standard InChI is InChI=1S/C11H18N2O4/c1-6(17-11(2,3)4)7(12)9-8(10(14)15)13-5-16-9/h5-7H,12H2,1-4H3,(H,14,15)/t6-,7+/m1/s1. The molecule has 0 aliphatic heterocycles. The average Bonchev–Trinajstić information content (AvgIpc) is 2.61. The Morgan fingerprint density at radius 3 is 2.65 bits per heavy atom. The van der Waals surface area contributed by atoms with Crippen molar-refractivity contribution in [2.75, 3.05) is 0 Å². The van der Waals surface area contributed by atoms with Crippen molar-refractivity contribution in [2.24, 2.45) is 5.73 Å². The molecule has 0 bridgehead atoms. The molecule has 0 amide bonds. The topological polar surface area (TPSA) is 98.6 Å². The molecule has 1 aromatic heterocycles. The molecule has 6 nitrogen and oxygen atoms in total. The quantitative estimate of drug-likeness (QED) is 0.831. The van der Waals surface area contributed by atoms with Gasteiger partial charge >= 0.3 is 5.97 Å². The van der Waals surface area contributed by atoms with Gasteiger partial charge in [-0.3, -0.25) is 0 Å². The predicted octanol–water partition coefficient (Wildman–Crippen LogP) is 1.58. The number of nitrogens with zero attached hydrogens (tertiary/aromatic N) is 1. The van der Waals surface area contributed by atoms with E-state index in [2.05, 4.69) is 4.98 Å². The number of nitrogens with two attached hydrogens (primary N) is 1. The minimum atomic E-state index is -1.16. The van der Waals surface area contributed by atoms with E-state index in [0.717, 1.165) is 6.39 Å². The van der Waals surface area contributed by atoms with Crippen molar-refractivity contribution in [1.82, 2.24) is 4.98 Å². The molecule has 2 atom stereocenters. The molecule has 0 aliphatic rings. The molecule has 96 valence electrons. The van der Waals surface area contributed by atoms with E-state index < -0.39 is 12.0 Å². The van der Waals surface area contributed by atoms with Gasteiger partial charge in [0.15, 0.2) is 17.8 Å². The van der Waals surface area contributed by atoms with Gasteiger partial charge in [0, 0.05) is 0 Å². The lowest BCUT2D eigenvalue weighted by Crippen LogP contribution is -2.34. The minimum Gasteiger partial charge on any atom is -0.476 e. The number of aromatic nitrogens is 1. The maximum Gasteiger partial charge on any atom is 0.358 e. The van der Waals surface area contributed by atoms with Crippen LogP contribution in [0.4, 0.5) is 0 Å². The molecular formula is C11H18N2O4. The van der Waals surface area contributed by atoms with Crippen molar-refractivity contribution >= 4 is 5.97 Å². The van der Waals surface area contributed by atoms with E-state index in [0.29, 0.717) is 0 Å². The van der Waals surface area contributed by atoms with Crippen molar-refractivity contribution < 1.29 is 19.1 Å². The van der Waals surface area contributed by atoms with Crippen LogP contribution in [-0.4, -0.2) is 27.8 Å². The van der Waals surface area contributed by atoms with Crippen molar-refractivity contribution in [3.05, 3.63) is 17.8 Å². The van der Waals surface area contributed by atoms with Gasteiger partial charge in [-0.25, -0.2) is 9.78 Å². The summed E-state index contributed by atoms with van der Waals surface area (Å²) < 4.78 is 10.7. The maximum atomic E-state index is 10.9. The van der Waals surface area contributed by atoms with Crippen LogP contribution < -0.4 is 5.73 Å². The lowest BCUT2D eigenvalue weighted by molar-refractivity contribution is -0.0641. The fourth-order valence-corrected chi connectivity index (χ4v) is 1.50. The van der Waals surface area contributed by atoms with Crippen LogP contribution in [0.25, 0.3) is 0 Å². The average molecular weight is 242 g/mol. The molecule has 17 heavy (non-hydrogen) atoms. The largest absolute Gasteiger partial charge is 0.476 e. The summed E-state index contributed by atoms with van der Waals surface area (Å²) in [5.74, 6) is -1.03.